The van der Waals surface area contributed by atoms with Crippen molar-refractivity contribution in [3.8, 4) is 11.5 Å². The zero-order valence-electron chi connectivity index (χ0n) is 13.7. The van der Waals surface area contributed by atoms with Gasteiger partial charge in [0.05, 0.1) is 5.56 Å². The monoisotopic (exact) mass is 358 g/mol. The summed E-state index contributed by atoms with van der Waals surface area (Å²) in [6, 6.07) is 5.77. The predicted molar refractivity (Wildman–Crippen MR) is 96.0 cm³/mol. The van der Waals surface area contributed by atoms with Crippen molar-refractivity contribution in [3.05, 3.63) is 41.4 Å². The van der Waals surface area contributed by atoms with Crippen LogP contribution in [0.3, 0.4) is 0 Å². The molecule has 25 heavy (non-hydrogen) atoms. The molecule has 1 aliphatic carbocycles. The van der Waals surface area contributed by atoms with Crippen molar-refractivity contribution in [1.82, 2.24) is 9.55 Å². The van der Waals surface area contributed by atoms with Crippen LogP contribution in [0.25, 0.3) is 22.4 Å². The van der Waals surface area contributed by atoms with Crippen molar-refractivity contribution in [2.24, 2.45) is 5.92 Å². The predicted octanol–water partition coefficient (Wildman–Crippen LogP) is 5.23. The molecule has 0 spiro atoms. The second kappa shape index (κ2) is 6.56. The molecular formula is C19H19ClN2O3. The number of oxazole rings is 1. The first-order valence-corrected chi connectivity index (χ1v) is 8.97. The first-order chi connectivity index (χ1) is 12.1. The van der Waals surface area contributed by atoms with Gasteiger partial charge in [-0.05, 0) is 37.0 Å². The number of carbonyl (C=O) groups is 1. The van der Waals surface area contributed by atoms with Crippen LogP contribution in [0.15, 0.2) is 35.1 Å². The molecule has 0 bridgehead atoms. The number of rotatable bonds is 4. The number of fused-ring (bicyclic) bond motifs is 1. The zero-order valence-corrected chi connectivity index (χ0v) is 14.5. The second-order valence-electron chi connectivity index (χ2n) is 6.70. The van der Waals surface area contributed by atoms with E-state index in [4.69, 9.17) is 21.1 Å². The van der Waals surface area contributed by atoms with Gasteiger partial charge in [0.2, 0.25) is 5.89 Å². The fourth-order valence-electron chi connectivity index (χ4n) is 3.73. The Hall–Kier alpha value is -2.27. The van der Waals surface area contributed by atoms with Gasteiger partial charge >= 0.3 is 5.97 Å². The molecule has 1 fully saturated rings. The Balaban J connectivity index is 1.77. The fourth-order valence-corrected chi connectivity index (χ4v) is 3.91. The van der Waals surface area contributed by atoms with Crippen molar-refractivity contribution in [2.45, 2.75) is 38.6 Å². The van der Waals surface area contributed by atoms with Crippen molar-refractivity contribution < 1.29 is 14.3 Å². The minimum atomic E-state index is -1.10. The van der Waals surface area contributed by atoms with Crippen LogP contribution in [0.1, 0.15) is 42.6 Å². The van der Waals surface area contributed by atoms with E-state index in [2.05, 4.69) is 9.55 Å². The highest BCUT2D eigenvalue weighted by Crippen LogP contribution is 2.34. The van der Waals surface area contributed by atoms with Crippen LogP contribution in [0.4, 0.5) is 0 Å². The number of hydrogen-bond acceptors (Lipinski definition) is 3. The second-order valence-corrected chi connectivity index (χ2v) is 7.14. The molecule has 0 saturated heterocycles. The Morgan fingerprint density at radius 3 is 2.84 bits per heavy atom. The van der Waals surface area contributed by atoms with Gasteiger partial charge in [0.15, 0.2) is 5.69 Å². The van der Waals surface area contributed by atoms with E-state index in [0.29, 0.717) is 16.8 Å². The van der Waals surface area contributed by atoms with Crippen LogP contribution in [0, 0.1) is 5.92 Å². The number of benzene rings is 1. The molecule has 0 aliphatic heterocycles. The molecule has 0 unspecified atom stereocenters. The smallest absolute Gasteiger partial charge is 0.357 e. The van der Waals surface area contributed by atoms with Crippen molar-refractivity contribution >= 4 is 28.5 Å². The number of carboxylic acid groups (broad SMARTS) is 1. The summed E-state index contributed by atoms with van der Waals surface area (Å²) in [5.74, 6) is -0.113. The van der Waals surface area contributed by atoms with Crippen LogP contribution >= 0.6 is 11.6 Å². The van der Waals surface area contributed by atoms with Crippen LogP contribution < -0.4 is 0 Å². The Labute approximate surface area is 150 Å². The SMILES string of the molecule is O=C(O)c1coc(-c2cn(CC3CCCCC3)c3ccc(Cl)cc23)n1. The third kappa shape index (κ3) is 3.16. The Morgan fingerprint density at radius 2 is 2.12 bits per heavy atom. The number of carboxylic acids is 1. The molecule has 0 radical (unpaired) electrons. The molecule has 2 aromatic heterocycles. The van der Waals surface area contributed by atoms with Crippen molar-refractivity contribution in [1.29, 1.82) is 0 Å². The average Bonchev–Trinajstić information content (AvgIpc) is 3.21. The third-order valence-corrected chi connectivity index (χ3v) is 5.21. The largest absolute Gasteiger partial charge is 0.476 e. The van der Waals surface area contributed by atoms with Gasteiger partial charge in [-0.2, -0.15) is 0 Å². The van der Waals surface area contributed by atoms with Crippen molar-refractivity contribution in [2.75, 3.05) is 0 Å². The highest BCUT2D eigenvalue weighted by molar-refractivity contribution is 6.31. The van der Waals surface area contributed by atoms with Gasteiger partial charge in [-0.15, -0.1) is 0 Å². The van der Waals surface area contributed by atoms with Crippen LogP contribution in [-0.4, -0.2) is 20.6 Å². The number of halogens is 1. The van der Waals surface area contributed by atoms with Gasteiger partial charge in [0.25, 0.3) is 0 Å². The van der Waals surface area contributed by atoms with E-state index in [-0.39, 0.29) is 5.69 Å². The van der Waals surface area contributed by atoms with Crippen molar-refractivity contribution in [3.63, 3.8) is 0 Å². The number of aromatic nitrogens is 2. The first kappa shape index (κ1) is 16.2. The minimum Gasteiger partial charge on any atom is -0.476 e. The highest BCUT2D eigenvalue weighted by atomic mass is 35.5. The molecule has 5 nitrogen and oxygen atoms in total. The highest BCUT2D eigenvalue weighted by Gasteiger charge is 2.20. The lowest BCUT2D eigenvalue weighted by atomic mass is 9.89. The van der Waals surface area contributed by atoms with E-state index in [1.807, 2.05) is 24.4 Å². The van der Waals surface area contributed by atoms with E-state index in [1.54, 1.807) is 0 Å². The maximum absolute atomic E-state index is 11.1. The van der Waals surface area contributed by atoms with Gasteiger partial charge in [-0.3, -0.25) is 0 Å². The number of aromatic carboxylic acids is 1. The molecule has 0 amide bonds. The fraction of sp³-hybridized carbons (Fsp3) is 0.368. The van der Waals surface area contributed by atoms with Gasteiger partial charge in [-0.25, -0.2) is 9.78 Å². The average molecular weight is 359 g/mol. The van der Waals surface area contributed by atoms with Gasteiger partial charge in [-0.1, -0.05) is 30.9 Å². The van der Waals surface area contributed by atoms with E-state index >= 15 is 0 Å². The zero-order chi connectivity index (χ0) is 17.4. The molecule has 1 saturated carbocycles. The van der Waals surface area contributed by atoms with Crippen LogP contribution in [-0.2, 0) is 6.54 Å². The summed E-state index contributed by atoms with van der Waals surface area (Å²) in [4.78, 5) is 15.2. The number of nitrogens with zero attached hydrogens (tertiary/aromatic N) is 2. The summed E-state index contributed by atoms with van der Waals surface area (Å²) < 4.78 is 7.64. The topological polar surface area (TPSA) is 68.3 Å². The number of hydrogen-bond donors (Lipinski definition) is 1. The Morgan fingerprint density at radius 1 is 1.32 bits per heavy atom. The van der Waals surface area contributed by atoms with Gasteiger partial charge < -0.3 is 14.1 Å². The Kier molecular flexibility index (Phi) is 4.25. The Bertz CT molecular complexity index is 922. The van der Waals surface area contributed by atoms with Crippen LogP contribution in [0.2, 0.25) is 5.02 Å². The van der Waals surface area contributed by atoms with E-state index in [9.17, 15) is 4.79 Å². The van der Waals surface area contributed by atoms with E-state index < -0.39 is 5.97 Å². The molecule has 2 heterocycles. The normalized spacial score (nSPS) is 15.7. The lowest BCUT2D eigenvalue weighted by Gasteiger charge is -2.22. The molecule has 130 valence electrons. The molecule has 0 atom stereocenters. The summed E-state index contributed by atoms with van der Waals surface area (Å²) in [5.41, 5.74) is 1.76. The minimum absolute atomic E-state index is 0.0924. The van der Waals surface area contributed by atoms with E-state index in [0.717, 1.165) is 23.0 Å². The first-order valence-electron chi connectivity index (χ1n) is 8.59. The molecule has 1 N–H and O–H groups in total. The summed E-state index contributed by atoms with van der Waals surface area (Å²) in [5, 5.41) is 10.6. The lowest BCUT2D eigenvalue weighted by molar-refractivity contribution is 0.0690. The van der Waals surface area contributed by atoms with Gasteiger partial charge in [0.1, 0.15) is 6.26 Å². The molecular weight excluding hydrogens is 340 g/mol. The summed E-state index contributed by atoms with van der Waals surface area (Å²) >= 11 is 6.18. The van der Waals surface area contributed by atoms with E-state index in [1.165, 1.54) is 38.4 Å². The molecule has 6 heteroatoms. The molecule has 1 aromatic carbocycles. The third-order valence-electron chi connectivity index (χ3n) is 4.98. The van der Waals surface area contributed by atoms with Crippen LogP contribution in [0.5, 0.6) is 0 Å². The molecule has 1 aliphatic rings. The quantitative estimate of drug-likeness (QED) is 0.693. The maximum Gasteiger partial charge on any atom is 0.357 e. The maximum atomic E-state index is 11.1. The summed E-state index contributed by atoms with van der Waals surface area (Å²) in [6.45, 7) is 0.949. The summed E-state index contributed by atoms with van der Waals surface area (Å²) in [7, 11) is 0. The van der Waals surface area contributed by atoms with Gasteiger partial charge in [0, 0.05) is 28.7 Å². The molecule has 4 rings (SSSR count). The standard InChI is InChI=1S/C19H19ClN2O3/c20-13-6-7-17-14(8-13)15(18-21-16(11-25-18)19(23)24)10-22(17)9-12-4-2-1-3-5-12/h6-8,10-12H,1-5,9H2,(H,23,24). The summed E-state index contributed by atoms with van der Waals surface area (Å²) in [6.07, 6.45) is 9.61. The lowest BCUT2D eigenvalue weighted by Crippen LogP contribution is -2.13. The molecule has 3 aromatic rings.